The molecule has 3 aromatic rings. The minimum atomic E-state index is -0.364. The van der Waals surface area contributed by atoms with Crippen LogP contribution < -0.4 is 11.0 Å². The van der Waals surface area contributed by atoms with E-state index >= 15 is 0 Å². The second kappa shape index (κ2) is 6.23. The molecule has 0 unspecified atom stereocenters. The first kappa shape index (κ1) is 14.6. The third kappa shape index (κ3) is 3.32. The number of hydrogen-bond donors (Lipinski definition) is 2. The quantitative estimate of drug-likeness (QED) is 0.573. The number of aromatic amines is 1. The summed E-state index contributed by atoms with van der Waals surface area (Å²) in [4.78, 5) is 30.5. The molecule has 1 amide bonds. The Kier molecular flexibility index (Phi) is 3.97. The highest BCUT2D eigenvalue weighted by molar-refractivity contribution is 5.95. The van der Waals surface area contributed by atoms with Crippen molar-refractivity contribution >= 4 is 23.0 Å². The van der Waals surface area contributed by atoms with E-state index in [1.165, 1.54) is 18.6 Å². The van der Waals surface area contributed by atoms with Gasteiger partial charge in [-0.15, -0.1) is 0 Å². The van der Waals surface area contributed by atoms with Gasteiger partial charge in [-0.05, 0) is 42.1 Å². The summed E-state index contributed by atoms with van der Waals surface area (Å²) in [5.41, 5.74) is 4.78. The minimum Gasteiger partial charge on any atom is -0.321 e. The van der Waals surface area contributed by atoms with Gasteiger partial charge in [0.15, 0.2) is 0 Å². The molecule has 0 atom stereocenters. The van der Waals surface area contributed by atoms with Crippen molar-refractivity contribution in [3.63, 3.8) is 0 Å². The molecule has 0 aliphatic carbocycles. The number of H-pyrrole nitrogens is 1. The van der Waals surface area contributed by atoms with Crippen LogP contribution in [-0.4, -0.2) is 22.1 Å². The normalized spacial score (nSPS) is 11.0. The van der Waals surface area contributed by atoms with Gasteiger partial charge in [0.2, 0.25) is 0 Å². The summed E-state index contributed by atoms with van der Waals surface area (Å²) in [7, 11) is 0. The molecule has 2 heterocycles. The zero-order chi connectivity index (χ0) is 16.2. The summed E-state index contributed by atoms with van der Waals surface area (Å²) < 4.78 is 0. The third-order valence-electron chi connectivity index (χ3n) is 3.34. The average molecular weight is 306 g/mol. The van der Waals surface area contributed by atoms with Gasteiger partial charge in [0, 0.05) is 23.5 Å². The van der Waals surface area contributed by atoms with Crippen molar-refractivity contribution < 1.29 is 4.79 Å². The van der Waals surface area contributed by atoms with Gasteiger partial charge in [0.1, 0.15) is 0 Å². The third-order valence-corrected chi connectivity index (χ3v) is 3.34. The van der Waals surface area contributed by atoms with Gasteiger partial charge in [-0.3, -0.25) is 14.6 Å². The lowest BCUT2D eigenvalue weighted by Gasteiger charge is -2.01. The number of pyridine rings is 2. The van der Waals surface area contributed by atoms with E-state index in [1.54, 1.807) is 18.2 Å². The topological polar surface area (TPSA) is 87.2 Å². The molecule has 23 heavy (non-hydrogen) atoms. The first-order chi connectivity index (χ1) is 11.1. The smallest absolute Gasteiger partial charge is 0.271 e. The maximum atomic E-state index is 12.0. The summed E-state index contributed by atoms with van der Waals surface area (Å²) >= 11 is 0. The van der Waals surface area contributed by atoms with Crippen molar-refractivity contribution in [3.8, 4) is 0 Å². The highest BCUT2D eigenvalue weighted by Gasteiger charge is 2.04. The number of carbonyl (C=O) groups excluding carboxylic acids is 1. The molecule has 0 radical (unpaired) electrons. The molecule has 114 valence electrons. The number of rotatable bonds is 3. The summed E-state index contributed by atoms with van der Waals surface area (Å²) in [6.07, 6.45) is 4.38. The van der Waals surface area contributed by atoms with Crippen LogP contribution >= 0.6 is 0 Å². The van der Waals surface area contributed by atoms with E-state index in [2.05, 4.69) is 20.5 Å². The number of aromatic nitrogens is 2. The Morgan fingerprint density at radius 2 is 2.00 bits per heavy atom. The first-order valence-corrected chi connectivity index (χ1v) is 7.00. The molecule has 0 fully saturated rings. The van der Waals surface area contributed by atoms with Crippen molar-refractivity contribution in [2.45, 2.75) is 6.92 Å². The molecule has 0 spiro atoms. The standard InChI is InChI=1S/C17H14N4O2/c1-11-2-3-13-9-14(16(22)20-15(13)8-11)10-19-21-17(23)12-4-6-18-7-5-12/h2-10H,1H3,(H,20,22)(H,21,23)/b19-10+. The Morgan fingerprint density at radius 1 is 1.22 bits per heavy atom. The number of carbonyl (C=O) groups is 1. The number of nitrogens with one attached hydrogen (secondary N) is 2. The number of amides is 1. The molecular formula is C17H14N4O2. The van der Waals surface area contributed by atoms with Gasteiger partial charge in [0.05, 0.1) is 11.8 Å². The van der Waals surface area contributed by atoms with Crippen molar-refractivity contribution in [3.05, 3.63) is 75.8 Å². The lowest BCUT2D eigenvalue weighted by molar-refractivity contribution is 0.0955. The van der Waals surface area contributed by atoms with Crippen LogP contribution in [0.1, 0.15) is 21.5 Å². The van der Waals surface area contributed by atoms with Crippen molar-refractivity contribution in [2.75, 3.05) is 0 Å². The maximum absolute atomic E-state index is 12.0. The van der Waals surface area contributed by atoms with Crippen molar-refractivity contribution in [1.82, 2.24) is 15.4 Å². The highest BCUT2D eigenvalue weighted by atomic mass is 16.2. The maximum Gasteiger partial charge on any atom is 0.271 e. The van der Waals surface area contributed by atoms with E-state index < -0.39 is 0 Å². The van der Waals surface area contributed by atoms with Gasteiger partial charge in [-0.2, -0.15) is 5.10 Å². The molecule has 3 rings (SSSR count). The summed E-state index contributed by atoms with van der Waals surface area (Å²) in [5.74, 6) is -0.364. The molecule has 2 N–H and O–H groups in total. The first-order valence-electron chi connectivity index (χ1n) is 7.00. The second-order valence-electron chi connectivity index (χ2n) is 5.08. The lowest BCUT2D eigenvalue weighted by Crippen LogP contribution is -2.19. The zero-order valence-electron chi connectivity index (χ0n) is 12.4. The zero-order valence-corrected chi connectivity index (χ0v) is 12.4. The Bertz CT molecular complexity index is 946. The van der Waals surface area contributed by atoms with E-state index in [9.17, 15) is 9.59 Å². The van der Waals surface area contributed by atoms with Crippen LogP contribution in [0.3, 0.4) is 0 Å². The molecule has 0 saturated carbocycles. The number of nitrogens with zero attached hydrogens (tertiary/aromatic N) is 2. The number of fused-ring (bicyclic) bond motifs is 1. The second-order valence-corrected chi connectivity index (χ2v) is 5.08. The Hall–Kier alpha value is -3.28. The monoisotopic (exact) mass is 306 g/mol. The van der Waals surface area contributed by atoms with Crippen LogP contribution in [-0.2, 0) is 0 Å². The molecule has 0 aliphatic heterocycles. The Balaban J connectivity index is 1.81. The van der Waals surface area contributed by atoms with Gasteiger partial charge in [-0.1, -0.05) is 12.1 Å². The highest BCUT2D eigenvalue weighted by Crippen LogP contribution is 2.12. The fourth-order valence-corrected chi connectivity index (χ4v) is 2.16. The van der Waals surface area contributed by atoms with E-state index in [0.29, 0.717) is 11.1 Å². The average Bonchev–Trinajstić information content (AvgIpc) is 2.56. The molecule has 0 bridgehead atoms. The molecular weight excluding hydrogens is 292 g/mol. The summed E-state index contributed by atoms with van der Waals surface area (Å²) in [6, 6.07) is 10.7. The number of hydrogen-bond acceptors (Lipinski definition) is 4. The van der Waals surface area contributed by atoms with Gasteiger partial charge in [0.25, 0.3) is 11.5 Å². The van der Waals surface area contributed by atoms with E-state index in [1.807, 2.05) is 25.1 Å². The molecule has 1 aromatic carbocycles. The van der Waals surface area contributed by atoms with Crippen LogP contribution in [0.2, 0.25) is 0 Å². The lowest BCUT2D eigenvalue weighted by atomic mass is 10.1. The van der Waals surface area contributed by atoms with Crippen molar-refractivity contribution in [2.24, 2.45) is 5.10 Å². The van der Waals surface area contributed by atoms with E-state index in [-0.39, 0.29) is 11.5 Å². The number of aryl methyl sites for hydroxylation is 1. The largest absolute Gasteiger partial charge is 0.321 e. The van der Waals surface area contributed by atoms with Crippen LogP contribution in [0.5, 0.6) is 0 Å². The fourth-order valence-electron chi connectivity index (χ4n) is 2.16. The van der Waals surface area contributed by atoms with Gasteiger partial charge in [-0.25, -0.2) is 5.43 Å². The minimum absolute atomic E-state index is 0.259. The van der Waals surface area contributed by atoms with Crippen LogP contribution in [0.15, 0.2) is 58.7 Å². The molecule has 0 saturated heterocycles. The van der Waals surface area contributed by atoms with E-state index in [0.717, 1.165) is 16.5 Å². The van der Waals surface area contributed by atoms with Crippen LogP contribution in [0, 0.1) is 6.92 Å². The number of benzene rings is 1. The molecule has 2 aromatic heterocycles. The Labute approximate surface area is 131 Å². The molecule has 6 nitrogen and oxygen atoms in total. The predicted molar refractivity (Wildman–Crippen MR) is 88.6 cm³/mol. The van der Waals surface area contributed by atoms with Gasteiger partial charge < -0.3 is 4.98 Å². The summed E-state index contributed by atoms with van der Waals surface area (Å²) in [5, 5.41) is 4.74. The SMILES string of the molecule is Cc1ccc2cc(/C=N/NC(=O)c3ccncc3)c(=O)[nH]c2c1. The number of hydrazone groups is 1. The predicted octanol–water partition coefficient (Wildman–Crippen LogP) is 2.00. The van der Waals surface area contributed by atoms with E-state index in [4.69, 9.17) is 0 Å². The Morgan fingerprint density at radius 3 is 2.78 bits per heavy atom. The van der Waals surface area contributed by atoms with Gasteiger partial charge >= 0.3 is 0 Å². The van der Waals surface area contributed by atoms with Crippen LogP contribution in [0.4, 0.5) is 0 Å². The van der Waals surface area contributed by atoms with Crippen LogP contribution in [0.25, 0.3) is 10.9 Å². The summed E-state index contributed by atoms with van der Waals surface area (Å²) in [6.45, 7) is 1.96. The molecule has 0 aliphatic rings. The van der Waals surface area contributed by atoms with Crippen molar-refractivity contribution in [1.29, 1.82) is 0 Å². The molecule has 6 heteroatoms. The fraction of sp³-hybridized carbons (Fsp3) is 0.0588.